The molecule has 4 rings (SSSR count). The first-order valence-corrected chi connectivity index (χ1v) is 9.54. The fourth-order valence-electron chi connectivity index (χ4n) is 4.50. The number of carbonyl (C=O) groups excluding carboxylic acids is 1. The van der Waals surface area contributed by atoms with E-state index in [1.54, 1.807) is 0 Å². The van der Waals surface area contributed by atoms with E-state index >= 15 is 0 Å². The van der Waals surface area contributed by atoms with Gasteiger partial charge in [-0.15, -0.1) is 0 Å². The fourth-order valence-corrected chi connectivity index (χ4v) is 4.50. The van der Waals surface area contributed by atoms with Crippen molar-refractivity contribution >= 4 is 11.7 Å². The van der Waals surface area contributed by atoms with Crippen LogP contribution in [0.5, 0.6) is 0 Å². The number of aromatic nitrogens is 2. The Morgan fingerprint density at radius 1 is 1.35 bits per heavy atom. The van der Waals surface area contributed by atoms with Gasteiger partial charge in [0, 0.05) is 31.8 Å². The lowest BCUT2D eigenvalue weighted by molar-refractivity contribution is -0.142. The van der Waals surface area contributed by atoms with Gasteiger partial charge in [0.1, 0.15) is 18.0 Å². The lowest BCUT2D eigenvalue weighted by atomic mass is 9.85. The smallest absolute Gasteiger partial charge is 0.260 e. The number of piperidine rings is 1. The molecule has 2 fully saturated rings. The van der Waals surface area contributed by atoms with Crippen LogP contribution in [-0.2, 0) is 9.53 Å². The molecule has 4 heterocycles. The molecule has 8 heteroatoms. The zero-order valence-electron chi connectivity index (χ0n) is 15.0. The van der Waals surface area contributed by atoms with Gasteiger partial charge in [0.05, 0.1) is 5.69 Å². The minimum Gasteiger partial charge on any atom is -0.368 e. The second kappa shape index (κ2) is 7.13. The van der Waals surface area contributed by atoms with Crippen LogP contribution in [0.15, 0.2) is 6.07 Å². The third-order valence-electron chi connectivity index (χ3n) is 5.92. The van der Waals surface area contributed by atoms with Crippen molar-refractivity contribution in [3.8, 4) is 0 Å². The maximum Gasteiger partial charge on any atom is 0.260 e. The Kier molecular flexibility index (Phi) is 4.86. The van der Waals surface area contributed by atoms with Gasteiger partial charge in [0.25, 0.3) is 12.3 Å². The number of amides is 1. The van der Waals surface area contributed by atoms with Crippen molar-refractivity contribution in [3.05, 3.63) is 11.8 Å². The molecule has 1 unspecified atom stereocenters. The minimum absolute atomic E-state index is 0.00224. The number of carbonyl (C=O) groups is 1. The highest BCUT2D eigenvalue weighted by Crippen LogP contribution is 2.37. The van der Waals surface area contributed by atoms with E-state index in [0.717, 1.165) is 31.4 Å². The van der Waals surface area contributed by atoms with Gasteiger partial charge < -0.3 is 15.0 Å². The molecule has 0 radical (unpaired) electrons. The van der Waals surface area contributed by atoms with E-state index in [9.17, 15) is 13.6 Å². The topological polar surface area (TPSA) is 59.4 Å². The van der Waals surface area contributed by atoms with Crippen LogP contribution in [0.2, 0.25) is 0 Å². The Labute approximate surface area is 151 Å². The average Bonchev–Trinajstić information content (AvgIpc) is 3.28. The SMILES string of the molecule is Cc1cc2n(n1)[C@@H](C(F)F)C[C@@H](C1CCN(C(=O)C3CCCO3)CC1)N2. The number of aryl methyl sites for hydroxylation is 1. The molecule has 0 spiro atoms. The summed E-state index contributed by atoms with van der Waals surface area (Å²) in [4.78, 5) is 14.3. The second-order valence-electron chi connectivity index (χ2n) is 7.67. The molecule has 0 saturated carbocycles. The lowest BCUT2D eigenvalue weighted by Crippen LogP contribution is -2.48. The summed E-state index contributed by atoms with van der Waals surface area (Å²) < 4.78 is 34.0. The largest absolute Gasteiger partial charge is 0.368 e. The molecule has 144 valence electrons. The van der Waals surface area contributed by atoms with Crippen LogP contribution in [0.1, 0.15) is 43.8 Å². The Hall–Kier alpha value is -1.70. The zero-order chi connectivity index (χ0) is 18.3. The van der Waals surface area contributed by atoms with Crippen molar-refractivity contribution in [2.45, 2.75) is 63.6 Å². The van der Waals surface area contributed by atoms with Gasteiger partial charge in [-0.05, 0) is 44.9 Å². The first-order valence-electron chi connectivity index (χ1n) is 9.54. The van der Waals surface area contributed by atoms with E-state index in [4.69, 9.17) is 4.74 Å². The molecule has 3 atom stereocenters. The highest BCUT2D eigenvalue weighted by Gasteiger charge is 2.39. The summed E-state index contributed by atoms with van der Waals surface area (Å²) in [6.07, 6.45) is 1.08. The Balaban J connectivity index is 1.39. The number of fused-ring (bicyclic) bond motifs is 1. The van der Waals surface area contributed by atoms with Crippen molar-refractivity contribution < 1.29 is 18.3 Å². The van der Waals surface area contributed by atoms with Crippen LogP contribution in [-0.4, -0.2) is 58.9 Å². The molecule has 0 aromatic carbocycles. The summed E-state index contributed by atoms with van der Waals surface area (Å²) in [7, 11) is 0. The van der Waals surface area contributed by atoms with Crippen molar-refractivity contribution in [1.29, 1.82) is 0 Å². The van der Waals surface area contributed by atoms with E-state index < -0.39 is 12.5 Å². The van der Waals surface area contributed by atoms with Gasteiger partial charge in [0.2, 0.25) is 0 Å². The number of ether oxygens (including phenoxy) is 1. The number of nitrogens with zero attached hydrogens (tertiary/aromatic N) is 3. The Bertz CT molecular complexity index is 652. The lowest BCUT2D eigenvalue weighted by Gasteiger charge is -2.40. The number of nitrogens with one attached hydrogen (secondary N) is 1. The van der Waals surface area contributed by atoms with Crippen LogP contribution in [0.4, 0.5) is 14.6 Å². The molecule has 26 heavy (non-hydrogen) atoms. The number of halogens is 2. The standard InChI is InChI=1S/C18H26F2N4O2/c1-11-9-16-21-13(10-14(17(19)20)24(16)22-11)12-4-6-23(7-5-12)18(25)15-3-2-8-26-15/h9,12-15,17,21H,2-8,10H2,1H3/t13-,14+,15?/m0/s1. The third kappa shape index (κ3) is 3.31. The predicted octanol–water partition coefficient (Wildman–Crippen LogP) is 2.60. The fraction of sp³-hybridized carbons (Fsp3) is 0.778. The Morgan fingerprint density at radius 3 is 2.77 bits per heavy atom. The first kappa shape index (κ1) is 17.7. The molecule has 2 saturated heterocycles. The van der Waals surface area contributed by atoms with Crippen molar-refractivity contribution in [3.63, 3.8) is 0 Å². The van der Waals surface area contributed by atoms with Crippen LogP contribution >= 0.6 is 0 Å². The molecule has 1 aromatic rings. The van der Waals surface area contributed by atoms with E-state index in [1.165, 1.54) is 4.68 Å². The number of rotatable bonds is 3. The minimum atomic E-state index is -2.43. The van der Waals surface area contributed by atoms with Crippen molar-refractivity contribution in [1.82, 2.24) is 14.7 Å². The molecular weight excluding hydrogens is 342 g/mol. The van der Waals surface area contributed by atoms with Gasteiger partial charge in [-0.2, -0.15) is 5.10 Å². The second-order valence-corrected chi connectivity index (χ2v) is 7.67. The third-order valence-corrected chi connectivity index (χ3v) is 5.92. The van der Waals surface area contributed by atoms with Crippen LogP contribution in [0.3, 0.4) is 0 Å². The number of hydrogen-bond donors (Lipinski definition) is 1. The van der Waals surface area contributed by atoms with Crippen LogP contribution < -0.4 is 5.32 Å². The number of alkyl halides is 2. The molecule has 0 bridgehead atoms. The van der Waals surface area contributed by atoms with E-state index in [1.807, 2.05) is 17.9 Å². The molecule has 1 N–H and O–H groups in total. The summed E-state index contributed by atoms with van der Waals surface area (Å²) in [5.74, 6) is 1.06. The zero-order valence-corrected chi connectivity index (χ0v) is 15.0. The Morgan fingerprint density at radius 2 is 2.12 bits per heavy atom. The number of likely N-dealkylation sites (tertiary alicyclic amines) is 1. The van der Waals surface area contributed by atoms with Gasteiger partial charge in [0.15, 0.2) is 0 Å². The predicted molar refractivity (Wildman–Crippen MR) is 92.3 cm³/mol. The van der Waals surface area contributed by atoms with Crippen molar-refractivity contribution in [2.75, 3.05) is 25.0 Å². The van der Waals surface area contributed by atoms with Crippen molar-refractivity contribution in [2.24, 2.45) is 5.92 Å². The summed E-state index contributed by atoms with van der Waals surface area (Å²) in [5, 5.41) is 7.63. The molecule has 3 aliphatic heterocycles. The molecular formula is C18H26F2N4O2. The molecule has 1 aromatic heterocycles. The van der Waals surface area contributed by atoms with Gasteiger partial charge >= 0.3 is 0 Å². The van der Waals surface area contributed by atoms with Gasteiger partial charge in [-0.25, -0.2) is 13.5 Å². The van der Waals surface area contributed by atoms with E-state index in [-0.39, 0.29) is 24.0 Å². The van der Waals surface area contributed by atoms with Gasteiger partial charge in [-0.3, -0.25) is 4.79 Å². The highest BCUT2D eigenvalue weighted by molar-refractivity contribution is 5.81. The molecule has 3 aliphatic rings. The van der Waals surface area contributed by atoms with E-state index in [0.29, 0.717) is 31.9 Å². The number of anilines is 1. The molecule has 1 amide bonds. The maximum atomic E-state index is 13.5. The molecule has 0 aliphatic carbocycles. The summed E-state index contributed by atoms with van der Waals surface area (Å²) in [5.41, 5.74) is 0.746. The van der Waals surface area contributed by atoms with Crippen LogP contribution in [0, 0.1) is 12.8 Å². The summed E-state index contributed by atoms with van der Waals surface area (Å²) >= 11 is 0. The average molecular weight is 368 g/mol. The quantitative estimate of drug-likeness (QED) is 0.891. The summed E-state index contributed by atoms with van der Waals surface area (Å²) in [6.45, 7) is 3.85. The number of hydrogen-bond acceptors (Lipinski definition) is 4. The van der Waals surface area contributed by atoms with Gasteiger partial charge in [-0.1, -0.05) is 0 Å². The normalized spacial score (nSPS) is 29.7. The molecule has 6 nitrogen and oxygen atoms in total. The van der Waals surface area contributed by atoms with Crippen LogP contribution in [0.25, 0.3) is 0 Å². The van der Waals surface area contributed by atoms with E-state index in [2.05, 4.69) is 10.4 Å². The monoisotopic (exact) mass is 368 g/mol. The summed E-state index contributed by atoms with van der Waals surface area (Å²) in [6, 6.07) is 0.951. The highest BCUT2D eigenvalue weighted by atomic mass is 19.3. The maximum absolute atomic E-state index is 13.5. The first-order chi connectivity index (χ1) is 12.5.